The predicted molar refractivity (Wildman–Crippen MR) is 134 cm³/mol. The first-order valence-corrected chi connectivity index (χ1v) is 11.4. The number of aromatic nitrogens is 1. The molecule has 1 aromatic heterocycles. The minimum atomic E-state index is -0.459. The van der Waals surface area contributed by atoms with Crippen LogP contribution in [0.25, 0.3) is 0 Å². The number of carbonyl (C=O) groups excluding carboxylic acids is 2. The standard InChI is InChI=1S/C29H26FN3O2/c1-21-5-7-24(8-6-21)20-33(29(35)25-3-2-4-26(30)18-25)27-11-9-22(10-12-27)17-28(34)32-19-23-13-15-31-16-14-23/h2-16,18H,17,19-20H2,1H3,(H,32,34). The lowest BCUT2D eigenvalue weighted by Gasteiger charge is -2.24. The van der Waals surface area contributed by atoms with Gasteiger partial charge in [0.1, 0.15) is 5.82 Å². The molecule has 0 saturated carbocycles. The summed E-state index contributed by atoms with van der Waals surface area (Å²) in [4.78, 5) is 31.3. The highest BCUT2D eigenvalue weighted by Crippen LogP contribution is 2.22. The first kappa shape index (κ1) is 23.8. The molecule has 3 aromatic carbocycles. The molecule has 0 radical (unpaired) electrons. The summed E-state index contributed by atoms with van der Waals surface area (Å²) in [6, 6.07) is 24.6. The summed E-state index contributed by atoms with van der Waals surface area (Å²) in [5.74, 6) is -0.853. The van der Waals surface area contributed by atoms with Crippen molar-refractivity contribution in [2.75, 3.05) is 4.90 Å². The second-order valence-electron chi connectivity index (χ2n) is 8.36. The Hall–Kier alpha value is -4.32. The number of nitrogens with zero attached hydrogens (tertiary/aromatic N) is 2. The molecule has 0 aliphatic carbocycles. The number of aryl methyl sites for hydroxylation is 1. The minimum Gasteiger partial charge on any atom is -0.352 e. The number of benzene rings is 3. The van der Waals surface area contributed by atoms with Gasteiger partial charge in [-0.2, -0.15) is 0 Å². The number of anilines is 1. The Balaban J connectivity index is 1.49. The first-order chi connectivity index (χ1) is 17.0. The summed E-state index contributed by atoms with van der Waals surface area (Å²) in [7, 11) is 0. The van der Waals surface area contributed by atoms with Gasteiger partial charge in [-0.3, -0.25) is 14.6 Å². The normalized spacial score (nSPS) is 10.6. The molecular weight excluding hydrogens is 441 g/mol. The van der Waals surface area contributed by atoms with Crippen molar-refractivity contribution in [3.63, 3.8) is 0 Å². The van der Waals surface area contributed by atoms with Crippen molar-refractivity contribution in [1.29, 1.82) is 0 Å². The lowest BCUT2D eigenvalue weighted by molar-refractivity contribution is -0.120. The Kier molecular flexibility index (Phi) is 7.63. The van der Waals surface area contributed by atoms with E-state index in [2.05, 4.69) is 10.3 Å². The van der Waals surface area contributed by atoms with E-state index in [-0.39, 0.29) is 23.8 Å². The molecule has 0 saturated heterocycles. The fourth-order valence-electron chi connectivity index (χ4n) is 3.68. The maximum absolute atomic E-state index is 13.8. The lowest BCUT2D eigenvalue weighted by atomic mass is 10.1. The van der Waals surface area contributed by atoms with E-state index in [1.807, 2.05) is 67.6 Å². The van der Waals surface area contributed by atoms with E-state index < -0.39 is 5.82 Å². The van der Waals surface area contributed by atoms with Crippen molar-refractivity contribution in [1.82, 2.24) is 10.3 Å². The molecule has 1 heterocycles. The molecule has 176 valence electrons. The third-order valence-electron chi connectivity index (χ3n) is 5.63. The maximum Gasteiger partial charge on any atom is 0.258 e. The monoisotopic (exact) mass is 467 g/mol. The van der Waals surface area contributed by atoms with E-state index >= 15 is 0 Å². The zero-order valence-corrected chi connectivity index (χ0v) is 19.4. The molecule has 35 heavy (non-hydrogen) atoms. The van der Waals surface area contributed by atoms with E-state index in [4.69, 9.17) is 0 Å². The second kappa shape index (κ2) is 11.2. The highest BCUT2D eigenvalue weighted by molar-refractivity contribution is 6.06. The molecule has 0 atom stereocenters. The van der Waals surface area contributed by atoms with E-state index in [0.29, 0.717) is 18.8 Å². The van der Waals surface area contributed by atoms with Gasteiger partial charge in [-0.25, -0.2) is 4.39 Å². The average Bonchev–Trinajstić information content (AvgIpc) is 2.88. The van der Waals surface area contributed by atoms with Crippen LogP contribution >= 0.6 is 0 Å². The molecule has 0 fully saturated rings. The molecule has 2 amide bonds. The van der Waals surface area contributed by atoms with Crippen molar-refractivity contribution in [3.8, 4) is 0 Å². The molecule has 0 aliphatic heterocycles. The number of nitrogens with one attached hydrogen (secondary N) is 1. The van der Waals surface area contributed by atoms with E-state index in [9.17, 15) is 14.0 Å². The minimum absolute atomic E-state index is 0.0955. The Morgan fingerprint density at radius 2 is 1.54 bits per heavy atom. The maximum atomic E-state index is 13.8. The van der Waals surface area contributed by atoms with Crippen LogP contribution in [0.2, 0.25) is 0 Å². The molecule has 6 heteroatoms. The van der Waals surface area contributed by atoms with Crippen molar-refractivity contribution in [2.45, 2.75) is 26.4 Å². The van der Waals surface area contributed by atoms with Crippen LogP contribution in [0.15, 0.2) is 97.3 Å². The van der Waals surface area contributed by atoms with E-state index in [1.165, 1.54) is 18.2 Å². The van der Waals surface area contributed by atoms with Gasteiger partial charge >= 0.3 is 0 Å². The smallest absolute Gasteiger partial charge is 0.258 e. The van der Waals surface area contributed by atoms with Gasteiger partial charge in [0.05, 0.1) is 13.0 Å². The lowest BCUT2D eigenvalue weighted by Crippen LogP contribution is -2.30. The van der Waals surface area contributed by atoms with Crippen molar-refractivity contribution in [3.05, 3.63) is 131 Å². The molecular formula is C29H26FN3O2. The van der Waals surface area contributed by atoms with E-state index in [1.54, 1.807) is 23.4 Å². The largest absolute Gasteiger partial charge is 0.352 e. The Labute approximate surface area is 204 Å². The fraction of sp³-hybridized carbons (Fsp3) is 0.138. The highest BCUT2D eigenvalue weighted by Gasteiger charge is 2.19. The number of carbonyl (C=O) groups is 2. The van der Waals surface area contributed by atoms with Crippen LogP contribution in [0.1, 0.15) is 32.6 Å². The molecule has 0 aliphatic rings. The summed E-state index contributed by atoms with van der Waals surface area (Å²) in [5.41, 5.74) is 4.83. The molecule has 5 nitrogen and oxygen atoms in total. The zero-order chi connectivity index (χ0) is 24.6. The van der Waals surface area contributed by atoms with Crippen LogP contribution in [0.5, 0.6) is 0 Å². The number of halogens is 1. The van der Waals surface area contributed by atoms with Crippen molar-refractivity contribution >= 4 is 17.5 Å². The molecule has 0 spiro atoms. The summed E-state index contributed by atoms with van der Waals surface area (Å²) in [6.45, 7) is 2.78. The van der Waals surface area contributed by atoms with E-state index in [0.717, 1.165) is 22.3 Å². The Morgan fingerprint density at radius 1 is 0.857 bits per heavy atom. The summed E-state index contributed by atoms with van der Waals surface area (Å²) >= 11 is 0. The molecule has 4 rings (SSSR count). The second-order valence-corrected chi connectivity index (χ2v) is 8.36. The Bertz CT molecular complexity index is 1290. The third kappa shape index (κ3) is 6.60. The summed E-state index contributed by atoms with van der Waals surface area (Å²) in [5, 5.41) is 2.90. The van der Waals surface area contributed by atoms with Gasteiger partial charge in [-0.15, -0.1) is 0 Å². The molecule has 0 bridgehead atoms. The number of hydrogen-bond donors (Lipinski definition) is 1. The third-order valence-corrected chi connectivity index (χ3v) is 5.63. The molecule has 4 aromatic rings. The van der Waals surface area contributed by atoms with Gasteiger partial charge in [-0.1, -0.05) is 48.0 Å². The molecule has 1 N–H and O–H groups in total. The van der Waals surface area contributed by atoms with Gasteiger partial charge in [0.15, 0.2) is 0 Å². The number of pyridine rings is 1. The van der Waals surface area contributed by atoms with Crippen LogP contribution in [0.4, 0.5) is 10.1 Å². The van der Waals surface area contributed by atoms with Crippen molar-refractivity contribution in [2.24, 2.45) is 0 Å². The average molecular weight is 468 g/mol. The first-order valence-electron chi connectivity index (χ1n) is 11.4. The number of rotatable bonds is 8. The predicted octanol–water partition coefficient (Wildman–Crippen LogP) is 5.24. The quantitative estimate of drug-likeness (QED) is 0.386. The fourth-order valence-corrected chi connectivity index (χ4v) is 3.68. The van der Waals surface area contributed by atoms with Gasteiger partial charge in [0.2, 0.25) is 5.91 Å². The van der Waals surface area contributed by atoms with Crippen LogP contribution in [-0.2, 0) is 24.3 Å². The van der Waals surface area contributed by atoms with Crippen LogP contribution in [0, 0.1) is 12.7 Å². The van der Waals surface area contributed by atoms with Gasteiger partial charge in [0.25, 0.3) is 5.91 Å². The van der Waals surface area contributed by atoms with Crippen LogP contribution in [-0.4, -0.2) is 16.8 Å². The topological polar surface area (TPSA) is 62.3 Å². The molecule has 0 unspecified atom stereocenters. The SMILES string of the molecule is Cc1ccc(CN(C(=O)c2cccc(F)c2)c2ccc(CC(=O)NCc3ccncc3)cc2)cc1. The summed E-state index contributed by atoms with van der Waals surface area (Å²) in [6.07, 6.45) is 3.60. The summed E-state index contributed by atoms with van der Waals surface area (Å²) < 4.78 is 13.8. The van der Waals surface area contributed by atoms with Gasteiger partial charge < -0.3 is 10.2 Å². The number of hydrogen-bond acceptors (Lipinski definition) is 3. The highest BCUT2D eigenvalue weighted by atomic mass is 19.1. The zero-order valence-electron chi connectivity index (χ0n) is 19.4. The van der Waals surface area contributed by atoms with Crippen LogP contribution in [0.3, 0.4) is 0 Å². The van der Waals surface area contributed by atoms with Crippen LogP contribution < -0.4 is 10.2 Å². The Morgan fingerprint density at radius 3 is 2.23 bits per heavy atom. The van der Waals surface area contributed by atoms with Crippen molar-refractivity contribution < 1.29 is 14.0 Å². The van der Waals surface area contributed by atoms with Gasteiger partial charge in [0, 0.05) is 30.2 Å². The van der Waals surface area contributed by atoms with Gasteiger partial charge in [-0.05, 0) is 66.1 Å². The number of amides is 2.